The highest BCUT2D eigenvalue weighted by molar-refractivity contribution is 7.17. The maximum absolute atomic E-state index is 13.0. The van der Waals surface area contributed by atoms with E-state index in [0.717, 1.165) is 22.5 Å². The van der Waals surface area contributed by atoms with Crippen LogP contribution < -0.4 is 5.32 Å². The summed E-state index contributed by atoms with van der Waals surface area (Å²) in [5, 5.41) is 5.24. The molecule has 1 N–H and O–H groups in total. The van der Waals surface area contributed by atoms with Crippen LogP contribution in [0.25, 0.3) is 10.2 Å². The van der Waals surface area contributed by atoms with Gasteiger partial charge in [0.1, 0.15) is 5.69 Å². The molecular weight excluding hydrogens is 316 g/mol. The van der Waals surface area contributed by atoms with Gasteiger partial charge >= 0.3 is 0 Å². The molecule has 0 radical (unpaired) electrons. The number of amides is 1. The lowest BCUT2D eigenvalue weighted by Crippen LogP contribution is -2.19. The summed E-state index contributed by atoms with van der Waals surface area (Å²) < 4.78 is 3.48. The Labute approximate surface area is 146 Å². The van der Waals surface area contributed by atoms with Crippen LogP contribution in [0.5, 0.6) is 0 Å². The minimum Gasteiger partial charge on any atom is -0.333 e. The monoisotopic (exact) mass is 338 g/mol. The molecular formula is C20H22N2OS. The summed E-state index contributed by atoms with van der Waals surface area (Å²) in [6.07, 6.45) is 4.85. The summed E-state index contributed by atoms with van der Waals surface area (Å²) in [6.45, 7) is 4.08. The standard InChI is InChI=1S/C20H22N2OS/c1-13-7-8-14(2)16(11-13)21-20(23)18-12-19-17(9-10-24-19)22(18)15-5-3-4-6-15/h7-12,15H,3-6H2,1-2H3,(H,21,23). The fourth-order valence-corrected chi connectivity index (χ4v) is 4.54. The third-order valence-electron chi connectivity index (χ3n) is 5.02. The SMILES string of the molecule is Cc1ccc(C)c(NC(=O)c2cc3sccc3n2C2CCCC2)c1. The fraction of sp³-hybridized carbons (Fsp3) is 0.350. The molecule has 2 aromatic heterocycles. The lowest BCUT2D eigenvalue weighted by molar-refractivity contribution is 0.101. The highest BCUT2D eigenvalue weighted by Crippen LogP contribution is 2.36. The van der Waals surface area contributed by atoms with E-state index < -0.39 is 0 Å². The number of benzene rings is 1. The number of anilines is 1. The van der Waals surface area contributed by atoms with E-state index in [0.29, 0.717) is 6.04 Å². The van der Waals surface area contributed by atoms with Crippen molar-refractivity contribution in [1.82, 2.24) is 4.57 Å². The summed E-state index contributed by atoms with van der Waals surface area (Å²) in [7, 11) is 0. The number of nitrogens with one attached hydrogen (secondary N) is 1. The van der Waals surface area contributed by atoms with Crippen molar-refractivity contribution in [3.05, 3.63) is 52.5 Å². The third-order valence-corrected chi connectivity index (χ3v) is 5.88. The summed E-state index contributed by atoms with van der Waals surface area (Å²) in [5.74, 6) is -0.000926. The van der Waals surface area contributed by atoms with Crippen molar-refractivity contribution >= 4 is 33.1 Å². The molecule has 4 heteroatoms. The molecule has 4 rings (SSSR count). The number of hydrogen-bond donors (Lipinski definition) is 1. The highest BCUT2D eigenvalue weighted by atomic mass is 32.1. The average Bonchev–Trinajstić information content (AvgIpc) is 3.26. The first-order valence-electron chi connectivity index (χ1n) is 8.60. The molecule has 1 fully saturated rings. The quantitative estimate of drug-likeness (QED) is 0.654. The minimum absolute atomic E-state index is 0.000926. The molecule has 0 aliphatic heterocycles. The normalized spacial score (nSPS) is 15.2. The number of rotatable bonds is 3. The topological polar surface area (TPSA) is 34.0 Å². The molecule has 1 saturated carbocycles. The van der Waals surface area contributed by atoms with E-state index in [2.05, 4.69) is 39.5 Å². The first-order valence-corrected chi connectivity index (χ1v) is 9.48. The van der Waals surface area contributed by atoms with Crippen LogP contribution in [0.1, 0.15) is 53.3 Å². The predicted octanol–water partition coefficient (Wildman–Crippen LogP) is 5.69. The second-order valence-electron chi connectivity index (χ2n) is 6.78. The van der Waals surface area contributed by atoms with E-state index in [1.54, 1.807) is 11.3 Å². The van der Waals surface area contributed by atoms with Crippen LogP contribution in [-0.4, -0.2) is 10.5 Å². The maximum atomic E-state index is 13.0. The molecule has 1 aliphatic carbocycles. The molecule has 3 aromatic rings. The number of carbonyl (C=O) groups is 1. The number of carbonyl (C=O) groups excluding carboxylic acids is 1. The van der Waals surface area contributed by atoms with Gasteiger partial charge in [-0.3, -0.25) is 4.79 Å². The van der Waals surface area contributed by atoms with Crippen molar-refractivity contribution in [2.24, 2.45) is 0 Å². The van der Waals surface area contributed by atoms with Gasteiger partial charge in [0, 0.05) is 11.7 Å². The number of hydrogen-bond acceptors (Lipinski definition) is 2. The van der Waals surface area contributed by atoms with E-state index in [9.17, 15) is 4.79 Å². The largest absolute Gasteiger partial charge is 0.333 e. The lowest BCUT2D eigenvalue weighted by atomic mass is 10.1. The van der Waals surface area contributed by atoms with Crippen molar-refractivity contribution < 1.29 is 4.79 Å². The molecule has 0 saturated heterocycles. The van der Waals surface area contributed by atoms with Gasteiger partial charge in [0.25, 0.3) is 5.91 Å². The first-order chi connectivity index (χ1) is 11.6. The Morgan fingerprint density at radius 1 is 1.17 bits per heavy atom. The molecule has 2 heterocycles. The summed E-state index contributed by atoms with van der Waals surface area (Å²) >= 11 is 1.71. The Bertz CT molecular complexity index is 900. The van der Waals surface area contributed by atoms with Crippen LogP contribution >= 0.6 is 11.3 Å². The highest BCUT2D eigenvalue weighted by Gasteiger charge is 2.25. The number of aryl methyl sites for hydroxylation is 2. The van der Waals surface area contributed by atoms with Crippen molar-refractivity contribution in [2.45, 2.75) is 45.6 Å². The van der Waals surface area contributed by atoms with Gasteiger partial charge in [-0.15, -0.1) is 11.3 Å². The third kappa shape index (κ3) is 2.65. The van der Waals surface area contributed by atoms with Crippen molar-refractivity contribution in [1.29, 1.82) is 0 Å². The Morgan fingerprint density at radius 3 is 2.75 bits per heavy atom. The van der Waals surface area contributed by atoms with Gasteiger partial charge in [0.05, 0.1) is 10.2 Å². The van der Waals surface area contributed by atoms with Gasteiger partial charge in [0.2, 0.25) is 0 Å². The predicted molar refractivity (Wildman–Crippen MR) is 101 cm³/mol. The first kappa shape index (κ1) is 15.5. The van der Waals surface area contributed by atoms with Crippen LogP contribution in [0.3, 0.4) is 0 Å². The molecule has 1 aromatic carbocycles. The van der Waals surface area contributed by atoms with Crippen molar-refractivity contribution in [3.8, 4) is 0 Å². The van der Waals surface area contributed by atoms with Gasteiger partial charge in [-0.1, -0.05) is 25.0 Å². The minimum atomic E-state index is -0.000926. The number of nitrogens with zero attached hydrogens (tertiary/aromatic N) is 1. The Balaban J connectivity index is 1.72. The van der Waals surface area contributed by atoms with Crippen LogP contribution in [0, 0.1) is 13.8 Å². The van der Waals surface area contributed by atoms with Crippen LogP contribution in [0.4, 0.5) is 5.69 Å². The number of thiophene rings is 1. The van der Waals surface area contributed by atoms with E-state index in [4.69, 9.17) is 0 Å². The Morgan fingerprint density at radius 2 is 1.96 bits per heavy atom. The molecule has 24 heavy (non-hydrogen) atoms. The van der Waals surface area contributed by atoms with Gasteiger partial charge in [-0.05, 0) is 61.4 Å². The zero-order chi connectivity index (χ0) is 16.7. The molecule has 0 atom stereocenters. The van der Waals surface area contributed by atoms with Crippen LogP contribution in [0.15, 0.2) is 35.7 Å². The van der Waals surface area contributed by atoms with Gasteiger partial charge in [-0.2, -0.15) is 0 Å². The Hall–Kier alpha value is -2.07. The van der Waals surface area contributed by atoms with E-state index in [1.165, 1.54) is 35.9 Å². The maximum Gasteiger partial charge on any atom is 0.272 e. The molecule has 0 bridgehead atoms. The van der Waals surface area contributed by atoms with Gasteiger partial charge in [-0.25, -0.2) is 0 Å². The lowest BCUT2D eigenvalue weighted by Gasteiger charge is -2.17. The number of fused-ring (bicyclic) bond motifs is 1. The zero-order valence-electron chi connectivity index (χ0n) is 14.1. The molecule has 0 spiro atoms. The Kier molecular flexibility index (Phi) is 3.93. The average molecular weight is 338 g/mol. The van der Waals surface area contributed by atoms with Crippen LogP contribution in [-0.2, 0) is 0 Å². The van der Waals surface area contributed by atoms with Crippen molar-refractivity contribution in [3.63, 3.8) is 0 Å². The molecule has 0 unspecified atom stereocenters. The second-order valence-corrected chi connectivity index (χ2v) is 7.73. The fourth-order valence-electron chi connectivity index (χ4n) is 3.73. The smallest absolute Gasteiger partial charge is 0.272 e. The molecule has 124 valence electrons. The van der Waals surface area contributed by atoms with Gasteiger partial charge in [0.15, 0.2) is 0 Å². The summed E-state index contributed by atoms with van der Waals surface area (Å²) in [4.78, 5) is 13.0. The van der Waals surface area contributed by atoms with E-state index in [-0.39, 0.29) is 5.91 Å². The van der Waals surface area contributed by atoms with Crippen molar-refractivity contribution in [2.75, 3.05) is 5.32 Å². The van der Waals surface area contributed by atoms with E-state index in [1.807, 2.05) is 19.9 Å². The number of aromatic nitrogens is 1. The zero-order valence-corrected chi connectivity index (χ0v) is 15.0. The molecule has 3 nitrogen and oxygen atoms in total. The second kappa shape index (κ2) is 6.10. The summed E-state index contributed by atoms with van der Waals surface area (Å²) in [5.41, 5.74) is 5.16. The molecule has 1 aliphatic rings. The van der Waals surface area contributed by atoms with Gasteiger partial charge < -0.3 is 9.88 Å². The van der Waals surface area contributed by atoms with E-state index >= 15 is 0 Å². The van der Waals surface area contributed by atoms with Crippen LogP contribution in [0.2, 0.25) is 0 Å². The summed E-state index contributed by atoms with van der Waals surface area (Å²) in [6, 6.07) is 10.8. The molecule has 1 amide bonds.